The molecule has 5 atom stereocenters. The zero-order chi connectivity index (χ0) is 27.4. The third-order valence-corrected chi connectivity index (χ3v) is 5.99. The van der Waals surface area contributed by atoms with Crippen LogP contribution < -0.4 is 15.2 Å². The van der Waals surface area contributed by atoms with Crippen molar-refractivity contribution >= 4 is 23.9 Å². The fourth-order valence-electron chi connectivity index (χ4n) is 3.81. The molecule has 0 aromatic heterocycles. The van der Waals surface area contributed by atoms with Crippen LogP contribution in [0.1, 0.15) is 91.5 Å². The van der Waals surface area contributed by atoms with Crippen molar-refractivity contribution in [3.8, 4) is 11.5 Å². The number of nitrogens with two attached hydrogens (primary N) is 1. The molecule has 9 nitrogen and oxygen atoms in total. The highest BCUT2D eigenvalue weighted by molar-refractivity contribution is 5.79. The molecule has 36 heavy (non-hydrogen) atoms. The molecular formula is C27H41NO8. The summed E-state index contributed by atoms with van der Waals surface area (Å²) in [5, 5.41) is 9.60. The second-order valence-corrected chi connectivity index (χ2v) is 9.29. The predicted octanol–water partition coefficient (Wildman–Crippen LogP) is 4.60. The lowest BCUT2D eigenvalue weighted by Gasteiger charge is -2.25. The van der Waals surface area contributed by atoms with E-state index >= 15 is 0 Å². The monoisotopic (exact) mass is 507 g/mol. The number of carbonyl (C=O) groups is 4. The topological polar surface area (TPSA) is 142 Å². The Bertz CT molecular complexity index is 900. The summed E-state index contributed by atoms with van der Waals surface area (Å²) in [5.74, 6) is -4.00. The van der Waals surface area contributed by atoms with Crippen LogP contribution in [0.3, 0.4) is 0 Å². The van der Waals surface area contributed by atoms with Gasteiger partial charge in [-0.1, -0.05) is 53.5 Å². The molecular weight excluding hydrogens is 466 g/mol. The van der Waals surface area contributed by atoms with Gasteiger partial charge in [-0.15, -0.1) is 0 Å². The van der Waals surface area contributed by atoms with Gasteiger partial charge in [-0.05, 0) is 43.9 Å². The summed E-state index contributed by atoms with van der Waals surface area (Å²) < 4.78 is 16.5. The zero-order valence-corrected chi connectivity index (χ0v) is 22.2. The molecule has 202 valence electrons. The first-order valence-electron chi connectivity index (χ1n) is 12.7. The van der Waals surface area contributed by atoms with Crippen molar-refractivity contribution < 1.29 is 38.5 Å². The summed E-state index contributed by atoms with van der Waals surface area (Å²) >= 11 is 0. The number of benzene rings is 1. The van der Waals surface area contributed by atoms with E-state index in [0.29, 0.717) is 18.4 Å². The molecule has 0 saturated carbocycles. The average Bonchev–Trinajstić information content (AvgIpc) is 2.83. The molecule has 0 heterocycles. The Kier molecular flexibility index (Phi) is 13.2. The highest BCUT2D eigenvalue weighted by atomic mass is 16.6. The van der Waals surface area contributed by atoms with Crippen molar-refractivity contribution in [2.45, 2.75) is 98.1 Å². The van der Waals surface area contributed by atoms with E-state index in [0.717, 1.165) is 12.8 Å². The molecule has 0 aliphatic rings. The Morgan fingerprint density at radius 2 is 1.42 bits per heavy atom. The van der Waals surface area contributed by atoms with Gasteiger partial charge in [0, 0.05) is 12.3 Å². The van der Waals surface area contributed by atoms with E-state index in [1.807, 2.05) is 13.8 Å². The Labute approximate surface area is 213 Å². The van der Waals surface area contributed by atoms with Crippen LogP contribution in [0.4, 0.5) is 0 Å². The largest absolute Gasteiger partial charge is 0.480 e. The van der Waals surface area contributed by atoms with Crippen molar-refractivity contribution in [3.63, 3.8) is 0 Å². The summed E-state index contributed by atoms with van der Waals surface area (Å²) in [7, 11) is 0. The first kappa shape index (κ1) is 31.1. The molecule has 0 amide bonds. The number of esters is 3. The first-order valence-corrected chi connectivity index (χ1v) is 12.7. The molecule has 0 radical (unpaired) electrons. The highest BCUT2D eigenvalue weighted by Gasteiger charge is 2.30. The summed E-state index contributed by atoms with van der Waals surface area (Å²) in [5.41, 5.74) is 6.46. The molecule has 1 aromatic rings. The van der Waals surface area contributed by atoms with Gasteiger partial charge in [0.1, 0.15) is 6.04 Å². The maximum absolute atomic E-state index is 12.7. The van der Waals surface area contributed by atoms with E-state index in [4.69, 9.17) is 19.9 Å². The van der Waals surface area contributed by atoms with Gasteiger partial charge in [0.25, 0.3) is 0 Å². The van der Waals surface area contributed by atoms with Gasteiger partial charge in [0.15, 0.2) is 11.5 Å². The van der Waals surface area contributed by atoms with Gasteiger partial charge >= 0.3 is 23.9 Å². The lowest BCUT2D eigenvalue weighted by Crippen LogP contribution is -2.38. The summed E-state index contributed by atoms with van der Waals surface area (Å²) in [6, 6.07) is 3.23. The third-order valence-electron chi connectivity index (χ3n) is 5.99. The second kappa shape index (κ2) is 15.2. The Morgan fingerprint density at radius 3 is 1.89 bits per heavy atom. The van der Waals surface area contributed by atoms with E-state index in [2.05, 4.69) is 0 Å². The lowest BCUT2D eigenvalue weighted by atomic mass is 9.87. The second-order valence-electron chi connectivity index (χ2n) is 9.29. The van der Waals surface area contributed by atoms with Crippen molar-refractivity contribution in [2.75, 3.05) is 0 Å². The van der Waals surface area contributed by atoms with Crippen molar-refractivity contribution in [3.05, 3.63) is 23.8 Å². The van der Waals surface area contributed by atoms with E-state index in [-0.39, 0.29) is 36.2 Å². The van der Waals surface area contributed by atoms with Crippen LogP contribution >= 0.6 is 0 Å². The molecule has 0 aliphatic heterocycles. The van der Waals surface area contributed by atoms with E-state index in [1.54, 1.807) is 33.8 Å². The number of ether oxygens (including phenoxy) is 3. The quantitative estimate of drug-likeness (QED) is 0.257. The Balaban J connectivity index is 3.41. The zero-order valence-electron chi connectivity index (χ0n) is 22.2. The number of aliphatic carboxylic acids is 1. The molecule has 0 aliphatic carbocycles. The molecule has 1 rings (SSSR count). The van der Waals surface area contributed by atoms with Gasteiger partial charge in [-0.3, -0.25) is 19.2 Å². The first-order chi connectivity index (χ1) is 16.9. The molecule has 0 fully saturated rings. The Morgan fingerprint density at radius 1 is 0.889 bits per heavy atom. The van der Waals surface area contributed by atoms with Gasteiger partial charge in [-0.25, -0.2) is 0 Å². The number of carbonyl (C=O) groups excluding carboxylic acids is 3. The molecule has 0 bridgehead atoms. The lowest BCUT2D eigenvalue weighted by molar-refractivity contribution is -0.148. The van der Waals surface area contributed by atoms with Crippen LogP contribution in [0.25, 0.3) is 0 Å². The summed E-state index contributed by atoms with van der Waals surface area (Å²) in [6.07, 6.45) is 2.57. The number of carboxylic acids is 1. The van der Waals surface area contributed by atoms with Crippen molar-refractivity contribution in [1.82, 2.24) is 0 Å². The summed E-state index contributed by atoms with van der Waals surface area (Å²) in [6.45, 7) is 10.8. The van der Waals surface area contributed by atoms with Gasteiger partial charge in [0.05, 0.1) is 17.9 Å². The highest BCUT2D eigenvalue weighted by Crippen LogP contribution is 2.35. The van der Waals surface area contributed by atoms with Crippen LogP contribution in [0.2, 0.25) is 0 Å². The van der Waals surface area contributed by atoms with Crippen LogP contribution in [0, 0.1) is 11.8 Å². The summed E-state index contributed by atoms with van der Waals surface area (Å²) in [4.78, 5) is 48.7. The molecule has 0 saturated heterocycles. The Hall–Kier alpha value is -2.94. The minimum Gasteiger partial charge on any atom is -0.480 e. The third kappa shape index (κ3) is 9.60. The standard InChI is InChI=1S/C27H41NO8/c1-7-10-16(4)26(32)35-21-13-12-19(15-22(21)36-27(33)17(5)11-8-2)20(24(28)25(30)31)14-18(6)34-23(29)9-3/h12-13,15-18,20,24H,7-11,14,28H2,1-6H3,(H,30,31)/t16?,17?,18?,20?,24-/m0/s1. The van der Waals surface area contributed by atoms with Gasteiger partial charge in [0.2, 0.25) is 0 Å². The van der Waals surface area contributed by atoms with Gasteiger partial charge in [-0.2, -0.15) is 0 Å². The number of rotatable bonds is 15. The average molecular weight is 508 g/mol. The van der Waals surface area contributed by atoms with Gasteiger partial charge < -0.3 is 25.1 Å². The minimum absolute atomic E-state index is 0.0123. The van der Waals surface area contributed by atoms with Crippen LogP contribution in [0.15, 0.2) is 18.2 Å². The molecule has 4 unspecified atom stereocenters. The number of carboxylic acid groups (broad SMARTS) is 1. The molecule has 9 heteroatoms. The predicted molar refractivity (Wildman–Crippen MR) is 135 cm³/mol. The molecule has 1 aromatic carbocycles. The fourth-order valence-corrected chi connectivity index (χ4v) is 3.81. The maximum atomic E-state index is 12.7. The van der Waals surface area contributed by atoms with E-state index in [9.17, 15) is 24.3 Å². The van der Waals surface area contributed by atoms with E-state index in [1.165, 1.54) is 12.1 Å². The normalized spacial score (nSPS) is 15.2. The minimum atomic E-state index is -1.31. The van der Waals surface area contributed by atoms with Crippen LogP contribution in [-0.4, -0.2) is 41.1 Å². The smallest absolute Gasteiger partial charge is 0.321 e. The van der Waals surface area contributed by atoms with Crippen LogP contribution in [0.5, 0.6) is 11.5 Å². The van der Waals surface area contributed by atoms with Crippen LogP contribution in [-0.2, 0) is 23.9 Å². The fraction of sp³-hybridized carbons (Fsp3) is 0.630. The van der Waals surface area contributed by atoms with Crippen molar-refractivity contribution in [2.24, 2.45) is 17.6 Å². The van der Waals surface area contributed by atoms with E-state index < -0.39 is 41.9 Å². The number of hydrogen-bond acceptors (Lipinski definition) is 8. The molecule has 3 N–H and O–H groups in total. The SMILES string of the molecule is CCCC(C)C(=O)Oc1ccc(C(CC(C)OC(=O)CC)[C@H](N)C(=O)O)cc1OC(=O)C(C)CCC. The maximum Gasteiger partial charge on any atom is 0.321 e. The van der Waals surface area contributed by atoms with Crippen molar-refractivity contribution in [1.29, 1.82) is 0 Å². The number of hydrogen-bond donors (Lipinski definition) is 2. The molecule has 0 spiro atoms.